The van der Waals surface area contributed by atoms with Crippen LogP contribution < -0.4 is 4.90 Å². The number of carbonyl (C=O) groups is 1. The molecule has 1 fully saturated rings. The third-order valence-electron chi connectivity index (χ3n) is 2.62. The first kappa shape index (κ1) is 12.9. The molecule has 7 heteroatoms. The van der Waals surface area contributed by atoms with Gasteiger partial charge in [0, 0.05) is 19.0 Å². The highest BCUT2D eigenvalue weighted by atomic mass is 35.5. The second kappa shape index (κ2) is 5.00. The first-order valence-electron chi connectivity index (χ1n) is 4.95. The Hall–Kier alpha value is -0.520. The summed E-state index contributed by atoms with van der Waals surface area (Å²) in [6, 6.07) is 1.14. The summed E-state index contributed by atoms with van der Waals surface area (Å²) in [4.78, 5) is 16.8. The van der Waals surface area contributed by atoms with Gasteiger partial charge in [0.15, 0.2) is 16.1 Å². The van der Waals surface area contributed by atoms with Gasteiger partial charge in [-0.2, -0.15) is 12.6 Å². The molecule has 0 saturated carbocycles. The molecule has 1 amide bonds. The van der Waals surface area contributed by atoms with Gasteiger partial charge in [-0.05, 0) is 11.7 Å². The largest absolute Gasteiger partial charge is 0.309 e. The number of aromatic nitrogens is 1. The number of hydrogen-bond donors (Lipinski definition) is 1. The molecule has 1 unspecified atom stereocenters. The van der Waals surface area contributed by atoms with E-state index in [2.05, 4.69) is 17.6 Å². The Bertz CT molecular complexity index is 472. The summed E-state index contributed by atoms with van der Waals surface area (Å²) < 4.78 is 13.3. The summed E-state index contributed by atoms with van der Waals surface area (Å²) in [5.41, 5.74) is 0.267. The molecule has 0 N–H and O–H groups in total. The van der Waals surface area contributed by atoms with Gasteiger partial charge in [0.2, 0.25) is 5.91 Å². The Kier molecular flexibility index (Phi) is 3.80. The van der Waals surface area contributed by atoms with Gasteiger partial charge in [0.25, 0.3) is 0 Å². The SMILES string of the molecule is O=C1CC(CS)CN1c1cc(F)c(Cl)nc1Cl. The molecule has 1 aromatic rings. The van der Waals surface area contributed by atoms with Crippen LogP contribution in [0, 0.1) is 11.7 Å². The van der Waals surface area contributed by atoms with Crippen LogP contribution in [0.25, 0.3) is 0 Å². The lowest BCUT2D eigenvalue weighted by molar-refractivity contribution is -0.117. The Balaban J connectivity index is 2.35. The highest BCUT2D eigenvalue weighted by Crippen LogP contribution is 2.32. The summed E-state index contributed by atoms with van der Waals surface area (Å²) >= 11 is 15.5. The molecule has 1 saturated heterocycles. The van der Waals surface area contributed by atoms with E-state index in [0.29, 0.717) is 18.7 Å². The monoisotopic (exact) mass is 294 g/mol. The highest BCUT2D eigenvalue weighted by Gasteiger charge is 2.31. The van der Waals surface area contributed by atoms with Gasteiger partial charge >= 0.3 is 0 Å². The lowest BCUT2D eigenvalue weighted by Gasteiger charge is -2.17. The van der Waals surface area contributed by atoms with Gasteiger partial charge in [0.1, 0.15) is 0 Å². The number of thiol groups is 1. The molecule has 0 aliphatic carbocycles. The summed E-state index contributed by atoms with van der Waals surface area (Å²) in [5.74, 6) is -0.0353. The van der Waals surface area contributed by atoms with E-state index in [9.17, 15) is 9.18 Å². The minimum atomic E-state index is -0.687. The fraction of sp³-hybridized carbons (Fsp3) is 0.400. The lowest BCUT2D eigenvalue weighted by Crippen LogP contribution is -2.25. The third kappa shape index (κ3) is 2.51. The van der Waals surface area contributed by atoms with Gasteiger partial charge in [-0.1, -0.05) is 23.2 Å². The maximum atomic E-state index is 13.3. The van der Waals surface area contributed by atoms with Crippen LogP contribution >= 0.6 is 35.8 Å². The van der Waals surface area contributed by atoms with Gasteiger partial charge in [0.05, 0.1) is 5.69 Å². The maximum Gasteiger partial charge on any atom is 0.227 e. The topological polar surface area (TPSA) is 33.2 Å². The number of amides is 1. The van der Waals surface area contributed by atoms with E-state index in [-0.39, 0.29) is 27.8 Å². The van der Waals surface area contributed by atoms with Gasteiger partial charge in [-0.25, -0.2) is 9.37 Å². The van der Waals surface area contributed by atoms with Gasteiger partial charge < -0.3 is 4.90 Å². The minimum Gasteiger partial charge on any atom is -0.309 e. The zero-order valence-electron chi connectivity index (χ0n) is 8.66. The Morgan fingerprint density at radius 2 is 2.24 bits per heavy atom. The first-order chi connectivity index (χ1) is 8.02. The van der Waals surface area contributed by atoms with Crippen molar-refractivity contribution in [3.05, 3.63) is 22.2 Å². The number of carbonyl (C=O) groups excluding carboxylic acids is 1. The Morgan fingerprint density at radius 3 is 2.82 bits per heavy atom. The molecule has 0 bridgehead atoms. The smallest absolute Gasteiger partial charge is 0.227 e. The van der Waals surface area contributed by atoms with Crippen LogP contribution in [0.2, 0.25) is 10.3 Å². The van der Waals surface area contributed by atoms with Crippen LogP contribution in [0.4, 0.5) is 10.1 Å². The molecular formula is C10H9Cl2FN2OS. The molecule has 1 aromatic heterocycles. The van der Waals surface area contributed by atoms with E-state index in [1.54, 1.807) is 0 Å². The number of anilines is 1. The Labute approximate surface area is 113 Å². The van der Waals surface area contributed by atoms with Gasteiger partial charge in [-0.3, -0.25) is 4.79 Å². The van der Waals surface area contributed by atoms with E-state index in [1.807, 2.05) is 0 Å². The van der Waals surface area contributed by atoms with Crippen LogP contribution in [0.1, 0.15) is 6.42 Å². The van der Waals surface area contributed by atoms with E-state index < -0.39 is 5.82 Å². The van der Waals surface area contributed by atoms with Crippen LogP contribution in [0.5, 0.6) is 0 Å². The van der Waals surface area contributed by atoms with Crippen molar-refractivity contribution in [3.63, 3.8) is 0 Å². The molecule has 1 aliphatic rings. The fourth-order valence-corrected chi connectivity index (χ4v) is 2.43. The maximum absolute atomic E-state index is 13.3. The molecule has 2 rings (SSSR count). The molecule has 1 aliphatic heterocycles. The minimum absolute atomic E-state index is 0.0320. The average molecular weight is 295 g/mol. The van der Waals surface area contributed by atoms with Crippen LogP contribution in [0.15, 0.2) is 6.07 Å². The van der Waals surface area contributed by atoms with Crippen LogP contribution in [-0.2, 0) is 4.79 Å². The zero-order valence-corrected chi connectivity index (χ0v) is 11.1. The number of rotatable bonds is 2. The van der Waals surface area contributed by atoms with Crippen molar-refractivity contribution in [2.45, 2.75) is 6.42 Å². The number of hydrogen-bond acceptors (Lipinski definition) is 3. The van der Waals surface area contributed by atoms with E-state index in [0.717, 1.165) is 6.07 Å². The van der Waals surface area contributed by atoms with E-state index in [1.165, 1.54) is 4.90 Å². The standard InChI is InChI=1S/C10H9Cl2FN2OS/c11-9-6(13)2-7(10(12)14-9)15-3-5(4-17)1-8(15)16/h2,5,17H,1,3-4H2. The number of halogens is 3. The molecule has 92 valence electrons. The summed E-state index contributed by atoms with van der Waals surface area (Å²) in [6.45, 7) is 0.477. The van der Waals surface area contributed by atoms with Crippen molar-refractivity contribution in [1.82, 2.24) is 4.98 Å². The fourth-order valence-electron chi connectivity index (χ4n) is 1.76. The first-order valence-corrected chi connectivity index (χ1v) is 6.34. The second-order valence-corrected chi connectivity index (χ2v) is 4.91. The predicted octanol–water partition coefficient (Wildman–Crippen LogP) is 2.81. The van der Waals surface area contributed by atoms with Crippen molar-refractivity contribution in [1.29, 1.82) is 0 Å². The molecule has 2 heterocycles. The van der Waals surface area contributed by atoms with Crippen LogP contribution in [0.3, 0.4) is 0 Å². The molecule has 0 aromatic carbocycles. The van der Waals surface area contributed by atoms with E-state index in [4.69, 9.17) is 23.2 Å². The van der Waals surface area contributed by atoms with Crippen molar-refractivity contribution in [2.75, 3.05) is 17.2 Å². The van der Waals surface area contributed by atoms with E-state index >= 15 is 0 Å². The predicted molar refractivity (Wildman–Crippen MR) is 68.5 cm³/mol. The number of nitrogens with zero attached hydrogens (tertiary/aromatic N) is 2. The van der Waals surface area contributed by atoms with Crippen LogP contribution in [-0.4, -0.2) is 23.2 Å². The average Bonchev–Trinajstić information content (AvgIpc) is 2.65. The molecule has 1 atom stereocenters. The summed E-state index contributed by atoms with van der Waals surface area (Å²) in [5, 5.41) is -0.263. The van der Waals surface area contributed by atoms with Crippen molar-refractivity contribution < 1.29 is 9.18 Å². The second-order valence-electron chi connectivity index (χ2n) is 3.83. The number of pyridine rings is 1. The molecule has 17 heavy (non-hydrogen) atoms. The third-order valence-corrected chi connectivity index (χ3v) is 3.68. The summed E-state index contributed by atoms with van der Waals surface area (Å²) in [7, 11) is 0. The molecule has 3 nitrogen and oxygen atoms in total. The lowest BCUT2D eigenvalue weighted by atomic mass is 10.1. The highest BCUT2D eigenvalue weighted by molar-refractivity contribution is 7.80. The quantitative estimate of drug-likeness (QED) is 0.672. The molecule has 0 spiro atoms. The van der Waals surface area contributed by atoms with Crippen molar-refractivity contribution in [2.24, 2.45) is 5.92 Å². The Morgan fingerprint density at radius 1 is 1.53 bits per heavy atom. The van der Waals surface area contributed by atoms with Gasteiger partial charge in [-0.15, -0.1) is 0 Å². The molecule has 0 radical (unpaired) electrons. The van der Waals surface area contributed by atoms with Crippen molar-refractivity contribution in [3.8, 4) is 0 Å². The normalized spacial score (nSPS) is 20.1. The van der Waals surface area contributed by atoms with Crippen molar-refractivity contribution >= 4 is 47.4 Å². The summed E-state index contributed by atoms with van der Waals surface area (Å²) in [6.07, 6.45) is 0.393. The molecular weight excluding hydrogens is 286 g/mol. The zero-order chi connectivity index (χ0) is 12.6.